The molecule has 0 spiro atoms. The summed E-state index contributed by atoms with van der Waals surface area (Å²) in [5.41, 5.74) is 4.23. The Labute approximate surface area is 71.9 Å². The molecule has 0 aromatic rings. The van der Waals surface area contributed by atoms with Crippen LogP contribution >= 0.6 is 0 Å². The molecule has 0 radical (unpaired) electrons. The van der Waals surface area contributed by atoms with E-state index in [-0.39, 0.29) is 5.97 Å². The summed E-state index contributed by atoms with van der Waals surface area (Å²) in [7, 11) is 0. The number of allylic oxidation sites excluding steroid dienone is 2. The van der Waals surface area contributed by atoms with E-state index in [2.05, 4.69) is 6.08 Å². The van der Waals surface area contributed by atoms with Gasteiger partial charge in [0.05, 0.1) is 0 Å². The van der Waals surface area contributed by atoms with Crippen molar-refractivity contribution in [3.05, 3.63) is 22.8 Å². The van der Waals surface area contributed by atoms with Crippen LogP contribution in [0, 0.1) is 0 Å². The minimum absolute atomic E-state index is 0.190. The van der Waals surface area contributed by atoms with E-state index in [0.29, 0.717) is 6.61 Å². The Morgan fingerprint density at radius 2 is 2.42 bits per heavy atom. The summed E-state index contributed by atoms with van der Waals surface area (Å²) in [5, 5.41) is 0. The first-order valence-electron chi connectivity index (χ1n) is 4.29. The van der Waals surface area contributed by atoms with E-state index >= 15 is 0 Å². The Morgan fingerprint density at radius 1 is 1.58 bits per heavy atom. The second-order valence-corrected chi connectivity index (χ2v) is 3.39. The van der Waals surface area contributed by atoms with Crippen molar-refractivity contribution in [2.45, 2.75) is 26.2 Å². The largest absolute Gasteiger partial charge is 0.461 e. The molecule has 0 aliphatic heterocycles. The predicted octanol–water partition coefficient (Wildman–Crippen LogP) is 1.97. The lowest BCUT2D eigenvalue weighted by Crippen LogP contribution is -2.03. The van der Waals surface area contributed by atoms with Gasteiger partial charge in [0.1, 0.15) is 6.61 Å². The molecule has 2 rings (SSSR count). The monoisotopic (exact) mass is 164 g/mol. The SMILES string of the molecule is CC(=O)OCC1=C2CCC(=C1)C2. The second kappa shape index (κ2) is 2.77. The minimum atomic E-state index is -0.190. The van der Waals surface area contributed by atoms with Gasteiger partial charge in [0.25, 0.3) is 0 Å². The summed E-state index contributed by atoms with van der Waals surface area (Å²) in [6, 6.07) is 0. The molecule has 0 atom stereocenters. The molecule has 64 valence electrons. The van der Waals surface area contributed by atoms with Gasteiger partial charge in [0.15, 0.2) is 0 Å². The number of carbonyl (C=O) groups is 1. The van der Waals surface area contributed by atoms with Crippen LogP contribution < -0.4 is 0 Å². The highest BCUT2D eigenvalue weighted by Crippen LogP contribution is 2.38. The van der Waals surface area contributed by atoms with Crippen LogP contribution in [0.15, 0.2) is 22.8 Å². The Bertz CT molecular complexity index is 284. The summed E-state index contributed by atoms with van der Waals surface area (Å²) >= 11 is 0. The van der Waals surface area contributed by atoms with Crippen molar-refractivity contribution in [2.24, 2.45) is 0 Å². The molecular weight excluding hydrogens is 152 g/mol. The van der Waals surface area contributed by atoms with E-state index in [1.54, 1.807) is 0 Å². The van der Waals surface area contributed by atoms with Crippen LogP contribution in [0.1, 0.15) is 26.2 Å². The van der Waals surface area contributed by atoms with E-state index in [0.717, 1.165) is 6.42 Å². The molecule has 1 fully saturated rings. The summed E-state index contributed by atoms with van der Waals surface area (Å²) in [6.07, 6.45) is 5.72. The molecular formula is C10H12O2. The van der Waals surface area contributed by atoms with Gasteiger partial charge in [-0.3, -0.25) is 4.79 Å². The molecule has 0 N–H and O–H groups in total. The second-order valence-electron chi connectivity index (χ2n) is 3.39. The van der Waals surface area contributed by atoms with Gasteiger partial charge < -0.3 is 4.74 Å². The zero-order valence-corrected chi connectivity index (χ0v) is 7.22. The molecule has 0 saturated heterocycles. The molecule has 2 heteroatoms. The maximum atomic E-state index is 10.5. The van der Waals surface area contributed by atoms with Crippen molar-refractivity contribution in [2.75, 3.05) is 6.61 Å². The van der Waals surface area contributed by atoms with Crippen molar-refractivity contribution < 1.29 is 9.53 Å². The molecule has 0 heterocycles. The zero-order valence-electron chi connectivity index (χ0n) is 7.22. The number of carbonyl (C=O) groups excluding carboxylic acids is 1. The number of rotatable bonds is 2. The van der Waals surface area contributed by atoms with Crippen molar-refractivity contribution in [1.82, 2.24) is 0 Å². The van der Waals surface area contributed by atoms with Gasteiger partial charge in [0.2, 0.25) is 0 Å². The van der Waals surface area contributed by atoms with Gasteiger partial charge in [-0.1, -0.05) is 17.2 Å². The predicted molar refractivity (Wildman–Crippen MR) is 45.6 cm³/mol. The van der Waals surface area contributed by atoms with E-state index in [1.165, 1.54) is 36.5 Å². The Kier molecular flexibility index (Phi) is 1.75. The van der Waals surface area contributed by atoms with Crippen LogP contribution in [0.5, 0.6) is 0 Å². The molecule has 12 heavy (non-hydrogen) atoms. The van der Waals surface area contributed by atoms with Gasteiger partial charge in [-0.25, -0.2) is 0 Å². The van der Waals surface area contributed by atoms with Crippen LogP contribution in [-0.4, -0.2) is 12.6 Å². The summed E-state index contributed by atoms with van der Waals surface area (Å²) in [5.74, 6) is -0.190. The van der Waals surface area contributed by atoms with Crippen LogP contribution in [-0.2, 0) is 9.53 Å². The summed E-state index contributed by atoms with van der Waals surface area (Å²) < 4.78 is 4.94. The molecule has 0 aromatic carbocycles. The standard InChI is InChI=1S/C10H12O2/c1-7(11)12-6-10-5-8-2-3-9(10)4-8/h5H,2-4,6H2,1H3. The smallest absolute Gasteiger partial charge is 0.302 e. The third-order valence-corrected chi connectivity index (χ3v) is 2.45. The molecule has 0 aromatic heterocycles. The molecule has 2 nitrogen and oxygen atoms in total. The Balaban J connectivity index is 1.98. The fourth-order valence-corrected chi connectivity index (χ4v) is 1.83. The molecule has 0 amide bonds. The maximum absolute atomic E-state index is 10.5. The third kappa shape index (κ3) is 1.29. The number of hydrogen-bond acceptors (Lipinski definition) is 2. The van der Waals surface area contributed by atoms with Crippen LogP contribution in [0.25, 0.3) is 0 Å². The quantitative estimate of drug-likeness (QED) is 0.583. The van der Waals surface area contributed by atoms with E-state index in [1.807, 2.05) is 0 Å². The summed E-state index contributed by atoms with van der Waals surface area (Å²) in [6.45, 7) is 1.93. The molecule has 0 unspecified atom stereocenters. The van der Waals surface area contributed by atoms with Crippen LogP contribution in [0.3, 0.4) is 0 Å². The van der Waals surface area contributed by atoms with E-state index in [9.17, 15) is 4.79 Å². The third-order valence-electron chi connectivity index (χ3n) is 2.45. The fourth-order valence-electron chi connectivity index (χ4n) is 1.83. The van der Waals surface area contributed by atoms with Gasteiger partial charge in [-0.05, 0) is 24.8 Å². The lowest BCUT2D eigenvalue weighted by Gasteiger charge is -2.05. The number of fused-ring (bicyclic) bond motifs is 2. The zero-order chi connectivity index (χ0) is 8.55. The van der Waals surface area contributed by atoms with Crippen molar-refractivity contribution in [3.63, 3.8) is 0 Å². The fraction of sp³-hybridized carbons (Fsp3) is 0.500. The van der Waals surface area contributed by atoms with Crippen molar-refractivity contribution >= 4 is 5.97 Å². The van der Waals surface area contributed by atoms with E-state index < -0.39 is 0 Å². The lowest BCUT2D eigenvalue weighted by atomic mass is 10.1. The first-order valence-corrected chi connectivity index (χ1v) is 4.29. The molecule has 1 saturated carbocycles. The first-order chi connectivity index (χ1) is 5.75. The number of ether oxygens (including phenoxy) is 1. The van der Waals surface area contributed by atoms with Crippen LogP contribution in [0.4, 0.5) is 0 Å². The molecule has 2 aliphatic rings. The van der Waals surface area contributed by atoms with Crippen LogP contribution in [0.2, 0.25) is 0 Å². The average Bonchev–Trinajstić information content (AvgIpc) is 2.60. The highest BCUT2D eigenvalue weighted by molar-refractivity contribution is 5.66. The van der Waals surface area contributed by atoms with E-state index in [4.69, 9.17) is 4.74 Å². The molecule has 2 bridgehead atoms. The van der Waals surface area contributed by atoms with Crippen molar-refractivity contribution in [3.8, 4) is 0 Å². The lowest BCUT2D eigenvalue weighted by molar-refractivity contribution is -0.139. The highest BCUT2D eigenvalue weighted by Gasteiger charge is 2.22. The van der Waals surface area contributed by atoms with Gasteiger partial charge in [-0.2, -0.15) is 0 Å². The topological polar surface area (TPSA) is 26.3 Å². The van der Waals surface area contributed by atoms with Gasteiger partial charge in [0, 0.05) is 6.92 Å². The van der Waals surface area contributed by atoms with Gasteiger partial charge >= 0.3 is 5.97 Å². The Morgan fingerprint density at radius 3 is 2.92 bits per heavy atom. The normalized spacial score (nSPS) is 19.9. The van der Waals surface area contributed by atoms with Gasteiger partial charge in [-0.15, -0.1) is 0 Å². The average molecular weight is 164 g/mol. The number of esters is 1. The highest BCUT2D eigenvalue weighted by atomic mass is 16.5. The first kappa shape index (κ1) is 7.59. The Hall–Kier alpha value is -1.05. The minimum Gasteiger partial charge on any atom is -0.461 e. The van der Waals surface area contributed by atoms with Crippen molar-refractivity contribution in [1.29, 1.82) is 0 Å². The maximum Gasteiger partial charge on any atom is 0.302 e. The summed E-state index contributed by atoms with van der Waals surface area (Å²) in [4.78, 5) is 10.5. The number of hydrogen-bond donors (Lipinski definition) is 0. The molecule has 2 aliphatic carbocycles.